The van der Waals surface area contributed by atoms with Crippen LogP contribution in [-0.4, -0.2) is 37.0 Å². The average molecular weight is 466 g/mol. The fraction of sp³-hybridized carbons (Fsp3) is 0.231. The van der Waals surface area contributed by atoms with Gasteiger partial charge in [-0.2, -0.15) is 0 Å². The zero-order valence-corrected chi connectivity index (χ0v) is 18.8. The van der Waals surface area contributed by atoms with Crippen LogP contribution in [0.2, 0.25) is 0 Å². The third-order valence-electron chi connectivity index (χ3n) is 5.63. The second kappa shape index (κ2) is 10.3. The molecule has 1 heterocycles. The SMILES string of the molecule is COc1ccc(CC(=O)Nc2cccc(N3CCCN(Cc4ccc(F)c(F)c4)C3=O)c2)cc1. The lowest BCUT2D eigenvalue weighted by Crippen LogP contribution is -2.49. The summed E-state index contributed by atoms with van der Waals surface area (Å²) in [6.45, 7) is 1.23. The number of ether oxygens (including phenoxy) is 1. The largest absolute Gasteiger partial charge is 0.497 e. The number of methoxy groups -OCH3 is 1. The molecule has 1 N–H and O–H groups in total. The van der Waals surface area contributed by atoms with Crippen molar-refractivity contribution in [2.24, 2.45) is 0 Å². The van der Waals surface area contributed by atoms with Gasteiger partial charge in [0.25, 0.3) is 0 Å². The second-order valence-electron chi connectivity index (χ2n) is 8.08. The van der Waals surface area contributed by atoms with Gasteiger partial charge in [0.2, 0.25) is 5.91 Å². The molecular formula is C26H25F2N3O3. The normalized spacial score (nSPS) is 13.7. The van der Waals surface area contributed by atoms with E-state index in [-0.39, 0.29) is 24.9 Å². The minimum atomic E-state index is -0.933. The molecular weight excluding hydrogens is 440 g/mol. The smallest absolute Gasteiger partial charge is 0.324 e. The van der Waals surface area contributed by atoms with Crippen molar-refractivity contribution in [3.8, 4) is 5.75 Å². The highest BCUT2D eigenvalue weighted by Crippen LogP contribution is 2.25. The summed E-state index contributed by atoms with van der Waals surface area (Å²) < 4.78 is 31.9. The van der Waals surface area contributed by atoms with Crippen LogP contribution in [0.5, 0.6) is 5.75 Å². The molecule has 34 heavy (non-hydrogen) atoms. The van der Waals surface area contributed by atoms with Crippen molar-refractivity contribution in [3.05, 3.63) is 89.5 Å². The van der Waals surface area contributed by atoms with Crippen molar-refractivity contribution in [2.75, 3.05) is 30.4 Å². The third kappa shape index (κ3) is 5.51. The summed E-state index contributed by atoms with van der Waals surface area (Å²) in [5, 5.41) is 2.88. The topological polar surface area (TPSA) is 61.9 Å². The molecule has 0 unspecified atom stereocenters. The highest BCUT2D eigenvalue weighted by molar-refractivity contribution is 5.95. The van der Waals surface area contributed by atoms with Gasteiger partial charge in [0.1, 0.15) is 5.75 Å². The lowest BCUT2D eigenvalue weighted by atomic mass is 10.1. The summed E-state index contributed by atoms with van der Waals surface area (Å²) in [4.78, 5) is 28.8. The molecule has 0 aliphatic carbocycles. The van der Waals surface area contributed by atoms with E-state index in [1.165, 1.54) is 6.07 Å². The van der Waals surface area contributed by atoms with Crippen molar-refractivity contribution >= 4 is 23.3 Å². The molecule has 176 valence electrons. The Morgan fingerprint density at radius 3 is 2.47 bits per heavy atom. The van der Waals surface area contributed by atoms with Gasteiger partial charge in [-0.1, -0.05) is 24.3 Å². The van der Waals surface area contributed by atoms with Crippen LogP contribution in [0.4, 0.5) is 25.0 Å². The Bertz CT molecular complexity index is 1180. The molecule has 1 fully saturated rings. The molecule has 3 aromatic carbocycles. The fourth-order valence-electron chi connectivity index (χ4n) is 3.91. The highest BCUT2D eigenvalue weighted by atomic mass is 19.2. The Hall–Kier alpha value is -3.94. The first-order valence-electron chi connectivity index (χ1n) is 11.0. The first kappa shape index (κ1) is 23.2. The lowest BCUT2D eigenvalue weighted by Gasteiger charge is -2.36. The van der Waals surface area contributed by atoms with E-state index in [4.69, 9.17) is 4.74 Å². The van der Waals surface area contributed by atoms with Gasteiger partial charge in [0, 0.05) is 31.0 Å². The number of urea groups is 1. The number of nitrogens with zero attached hydrogens (tertiary/aromatic N) is 2. The maximum absolute atomic E-state index is 13.6. The van der Waals surface area contributed by atoms with Gasteiger partial charge in [-0.15, -0.1) is 0 Å². The standard InChI is InChI=1S/C26H25F2N3O3/c1-34-22-9-6-18(7-10-22)15-25(32)29-20-4-2-5-21(16-20)31-13-3-12-30(26(31)33)17-19-8-11-23(27)24(28)14-19/h2,4-11,14,16H,3,12-13,15,17H2,1H3,(H,29,32). The van der Waals surface area contributed by atoms with Gasteiger partial charge in [0.05, 0.1) is 13.5 Å². The molecule has 0 bridgehead atoms. The molecule has 0 aromatic heterocycles. The summed E-state index contributed by atoms with van der Waals surface area (Å²) in [7, 11) is 1.59. The molecule has 3 aromatic rings. The zero-order valence-electron chi connectivity index (χ0n) is 18.8. The average Bonchev–Trinajstić information content (AvgIpc) is 2.83. The van der Waals surface area contributed by atoms with Gasteiger partial charge in [-0.05, 0) is 60.0 Å². The van der Waals surface area contributed by atoms with E-state index in [1.807, 2.05) is 12.1 Å². The summed E-state index contributed by atoms with van der Waals surface area (Å²) >= 11 is 0. The van der Waals surface area contributed by atoms with Gasteiger partial charge in [-0.3, -0.25) is 9.69 Å². The first-order chi connectivity index (χ1) is 16.4. The van der Waals surface area contributed by atoms with Crippen LogP contribution in [0, 0.1) is 11.6 Å². The Morgan fingerprint density at radius 1 is 0.971 bits per heavy atom. The van der Waals surface area contributed by atoms with Crippen LogP contribution in [0.1, 0.15) is 17.5 Å². The Kier molecular flexibility index (Phi) is 7.06. The van der Waals surface area contributed by atoms with Gasteiger partial charge < -0.3 is 15.0 Å². The Morgan fingerprint density at radius 2 is 1.74 bits per heavy atom. The number of amides is 3. The van der Waals surface area contributed by atoms with E-state index in [0.717, 1.165) is 29.9 Å². The number of benzene rings is 3. The minimum Gasteiger partial charge on any atom is -0.497 e. The maximum Gasteiger partial charge on any atom is 0.324 e. The predicted molar refractivity (Wildman–Crippen MR) is 126 cm³/mol. The molecule has 0 radical (unpaired) electrons. The van der Waals surface area contributed by atoms with Crippen molar-refractivity contribution in [3.63, 3.8) is 0 Å². The summed E-state index contributed by atoms with van der Waals surface area (Å²) in [5.74, 6) is -1.30. The maximum atomic E-state index is 13.6. The van der Waals surface area contributed by atoms with Crippen molar-refractivity contribution in [1.29, 1.82) is 0 Å². The molecule has 3 amide bonds. The first-order valence-corrected chi connectivity index (χ1v) is 11.0. The molecule has 0 spiro atoms. The third-order valence-corrected chi connectivity index (χ3v) is 5.63. The highest BCUT2D eigenvalue weighted by Gasteiger charge is 2.27. The van der Waals surface area contributed by atoms with E-state index >= 15 is 0 Å². The number of hydrogen-bond donors (Lipinski definition) is 1. The molecule has 1 aliphatic heterocycles. The number of carbonyl (C=O) groups is 2. The van der Waals surface area contributed by atoms with Crippen molar-refractivity contribution < 1.29 is 23.1 Å². The Labute approximate surface area is 196 Å². The molecule has 4 rings (SSSR count). The van der Waals surface area contributed by atoms with E-state index in [2.05, 4.69) is 5.32 Å². The quantitative estimate of drug-likeness (QED) is 0.535. The number of halogens is 2. The molecule has 1 saturated heterocycles. The van der Waals surface area contributed by atoms with Gasteiger partial charge in [0.15, 0.2) is 11.6 Å². The van der Waals surface area contributed by atoms with Crippen LogP contribution in [-0.2, 0) is 17.8 Å². The van der Waals surface area contributed by atoms with E-state index in [0.29, 0.717) is 30.0 Å². The number of anilines is 2. The van der Waals surface area contributed by atoms with E-state index < -0.39 is 11.6 Å². The summed E-state index contributed by atoms with van der Waals surface area (Å²) in [6.07, 6.45) is 0.933. The molecule has 0 saturated carbocycles. The number of carbonyl (C=O) groups excluding carboxylic acids is 2. The van der Waals surface area contributed by atoms with Gasteiger partial charge >= 0.3 is 6.03 Å². The van der Waals surface area contributed by atoms with Crippen LogP contribution in [0.25, 0.3) is 0 Å². The number of hydrogen-bond acceptors (Lipinski definition) is 3. The van der Waals surface area contributed by atoms with E-state index in [9.17, 15) is 18.4 Å². The molecule has 0 atom stereocenters. The second-order valence-corrected chi connectivity index (χ2v) is 8.08. The van der Waals surface area contributed by atoms with Gasteiger partial charge in [-0.25, -0.2) is 13.6 Å². The van der Waals surface area contributed by atoms with Crippen LogP contribution >= 0.6 is 0 Å². The zero-order chi connectivity index (χ0) is 24.1. The predicted octanol–water partition coefficient (Wildman–Crippen LogP) is 4.99. The van der Waals surface area contributed by atoms with Crippen LogP contribution in [0.15, 0.2) is 66.7 Å². The molecule has 1 aliphatic rings. The number of rotatable bonds is 7. The van der Waals surface area contributed by atoms with Crippen LogP contribution in [0.3, 0.4) is 0 Å². The number of nitrogens with one attached hydrogen (secondary N) is 1. The van der Waals surface area contributed by atoms with Crippen molar-refractivity contribution in [1.82, 2.24) is 4.90 Å². The fourth-order valence-corrected chi connectivity index (χ4v) is 3.91. The van der Waals surface area contributed by atoms with Crippen LogP contribution < -0.4 is 15.0 Å². The molecule has 6 nitrogen and oxygen atoms in total. The molecule has 8 heteroatoms. The lowest BCUT2D eigenvalue weighted by molar-refractivity contribution is -0.115. The van der Waals surface area contributed by atoms with E-state index in [1.54, 1.807) is 53.3 Å². The minimum absolute atomic E-state index is 0.174. The summed E-state index contributed by atoms with van der Waals surface area (Å²) in [6, 6.07) is 17.8. The van der Waals surface area contributed by atoms with Crippen molar-refractivity contribution in [2.45, 2.75) is 19.4 Å². The summed E-state index contributed by atoms with van der Waals surface area (Å²) in [5.41, 5.74) is 2.62. The monoisotopic (exact) mass is 465 g/mol. The Balaban J connectivity index is 1.41.